The first-order valence-electron chi connectivity index (χ1n) is 12.9. The Morgan fingerprint density at radius 3 is 2.45 bits per heavy atom. The molecule has 2 nitrogen and oxygen atoms in total. The van der Waals surface area contributed by atoms with E-state index in [1.54, 1.807) is 0 Å². The predicted octanol–water partition coefficient (Wildman–Crippen LogP) is 6.65. The highest BCUT2D eigenvalue weighted by atomic mass is 16.3. The van der Waals surface area contributed by atoms with E-state index in [9.17, 15) is 9.90 Å². The summed E-state index contributed by atoms with van der Waals surface area (Å²) in [5.74, 6) is 4.37. The van der Waals surface area contributed by atoms with Crippen molar-refractivity contribution >= 4 is 5.78 Å². The van der Waals surface area contributed by atoms with E-state index in [0.29, 0.717) is 29.5 Å². The van der Waals surface area contributed by atoms with Crippen LogP contribution in [0.3, 0.4) is 0 Å². The van der Waals surface area contributed by atoms with Crippen molar-refractivity contribution in [3.63, 3.8) is 0 Å². The molecular weight excluding hydrogens is 356 g/mol. The first kappa shape index (κ1) is 21.8. The van der Waals surface area contributed by atoms with E-state index in [2.05, 4.69) is 34.6 Å². The van der Waals surface area contributed by atoms with Gasteiger partial charge in [0.05, 0.1) is 6.10 Å². The Hall–Kier alpha value is -0.370. The molecule has 4 saturated carbocycles. The molecule has 0 saturated heterocycles. The number of rotatable bonds is 5. The monoisotopic (exact) mass is 402 g/mol. The van der Waals surface area contributed by atoms with Gasteiger partial charge >= 0.3 is 0 Å². The van der Waals surface area contributed by atoms with E-state index >= 15 is 0 Å². The van der Waals surface area contributed by atoms with Crippen LogP contribution in [0.1, 0.15) is 105 Å². The zero-order chi connectivity index (χ0) is 21.0. The maximum absolute atomic E-state index is 13.0. The van der Waals surface area contributed by atoms with Gasteiger partial charge in [-0.05, 0) is 97.7 Å². The zero-order valence-electron chi connectivity index (χ0n) is 19.8. The van der Waals surface area contributed by atoms with Crippen LogP contribution < -0.4 is 0 Å². The first-order chi connectivity index (χ1) is 13.7. The molecule has 0 amide bonds. The van der Waals surface area contributed by atoms with Crippen LogP contribution >= 0.6 is 0 Å². The molecule has 4 rings (SSSR count). The van der Waals surface area contributed by atoms with Crippen LogP contribution in [0.4, 0.5) is 0 Å². The fourth-order valence-corrected chi connectivity index (χ4v) is 9.11. The van der Waals surface area contributed by atoms with Crippen LogP contribution in [0.5, 0.6) is 0 Å². The molecule has 9 atom stereocenters. The summed E-state index contributed by atoms with van der Waals surface area (Å²) in [4.78, 5) is 13.0. The number of carbonyl (C=O) groups is 1. The average Bonchev–Trinajstić information content (AvgIpc) is 2.95. The van der Waals surface area contributed by atoms with Crippen LogP contribution in [-0.4, -0.2) is 17.0 Å². The highest BCUT2D eigenvalue weighted by Crippen LogP contribution is 2.68. The van der Waals surface area contributed by atoms with Crippen LogP contribution in [0.25, 0.3) is 0 Å². The minimum absolute atomic E-state index is 0.0110. The number of aliphatic hydroxyl groups excluding tert-OH is 1. The number of carbonyl (C=O) groups excluding carboxylic acids is 1. The zero-order valence-corrected chi connectivity index (χ0v) is 19.8. The third-order valence-electron chi connectivity index (χ3n) is 10.7. The van der Waals surface area contributed by atoms with Crippen LogP contribution in [0.15, 0.2) is 0 Å². The molecule has 166 valence electrons. The van der Waals surface area contributed by atoms with Gasteiger partial charge in [-0.25, -0.2) is 0 Å². The molecule has 0 aromatic heterocycles. The summed E-state index contributed by atoms with van der Waals surface area (Å²) >= 11 is 0. The van der Waals surface area contributed by atoms with Crippen molar-refractivity contribution in [1.29, 1.82) is 0 Å². The molecule has 4 aliphatic carbocycles. The van der Waals surface area contributed by atoms with E-state index in [4.69, 9.17) is 0 Å². The van der Waals surface area contributed by atoms with Gasteiger partial charge in [0, 0.05) is 12.3 Å². The lowest BCUT2D eigenvalue weighted by Crippen LogP contribution is -2.53. The number of aliphatic hydroxyl groups is 1. The molecule has 4 fully saturated rings. The van der Waals surface area contributed by atoms with Crippen molar-refractivity contribution in [2.24, 2.45) is 52.3 Å². The van der Waals surface area contributed by atoms with Gasteiger partial charge in [0.25, 0.3) is 0 Å². The van der Waals surface area contributed by atoms with Crippen LogP contribution in [0.2, 0.25) is 0 Å². The SMILES string of the molecule is CC(C)CCC(=O)[C@@H](C)[C@@H]1C(O)C[C@H]2[C@@H]3CC[C@H]4CCCC[C@]4(C)[C@H]3CC[C@]21C. The van der Waals surface area contributed by atoms with E-state index in [1.165, 1.54) is 51.4 Å². The van der Waals surface area contributed by atoms with Gasteiger partial charge in [0.15, 0.2) is 0 Å². The Kier molecular flexibility index (Phi) is 5.99. The van der Waals surface area contributed by atoms with Gasteiger partial charge in [0.2, 0.25) is 0 Å². The maximum Gasteiger partial charge on any atom is 0.136 e. The third-order valence-corrected chi connectivity index (χ3v) is 10.7. The number of ketones is 1. The molecule has 0 bridgehead atoms. The fraction of sp³-hybridized carbons (Fsp3) is 0.963. The van der Waals surface area contributed by atoms with Gasteiger partial charge in [0.1, 0.15) is 5.78 Å². The van der Waals surface area contributed by atoms with Gasteiger partial charge in [-0.2, -0.15) is 0 Å². The van der Waals surface area contributed by atoms with E-state index in [-0.39, 0.29) is 23.4 Å². The summed E-state index contributed by atoms with van der Waals surface area (Å²) in [5, 5.41) is 11.2. The standard InChI is InChI=1S/C27H46O2/c1-17(2)9-12-23(28)18(3)25-24(29)16-22-20-11-10-19-8-6-7-14-26(19,4)21(20)13-15-27(22,25)5/h17-22,24-25,29H,6-16H2,1-5H3/t18-,19-,20-,21+,22+,24?,25-,26+,27-/m1/s1. The van der Waals surface area contributed by atoms with Gasteiger partial charge in [-0.3, -0.25) is 4.79 Å². The molecule has 29 heavy (non-hydrogen) atoms. The lowest BCUT2D eigenvalue weighted by atomic mass is 9.44. The predicted molar refractivity (Wildman–Crippen MR) is 119 cm³/mol. The molecular formula is C27H46O2. The highest BCUT2D eigenvalue weighted by Gasteiger charge is 2.62. The fourth-order valence-electron chi connectivity index (χ4n) is 9.11. The summed E-state index contributed by atoms with van der Waals surface area (Å²) in [6.45, 7) is 11.6. The molecule has 0 radical (unpaired) electrons. The second-order valence-corrected chi connectivity index (χ2v) is 12.5. The summed E-state index contributed by atoms with van der Waals surface area (Å²) in [7, 11) is 0. The molecule has 0 heterocycles. The molecule has 2 heteroatoms. The minimum Gasteiger partial charge on any atom is -0.393 e. The van der Waals surface area contributed by atoms with E-state index in [1.807, 2.05) is 0 Å². The van der Waals surface area contributed by atoms with E-state index < -0.39 is 0 Å². The van der Waals surface area contributed by atoms with Crippen molar-refractivity contribution in [2.75, 3.05) is 0 Å². The Morgan fingerprint density at radius 2 is 1.72 bits per heavy atom. The van der Waals surface area contributed by atoms with Gasteiger partial charge in [-0.1, -0.05) is 47.5 Å². The first-order valence-corrected chi connectivity index (χ1v) is 12.9. The summed E-state index contributed by atoms with van der Waals surface area (Å²) in [6, 6.07) is 0. The number of hydrogen-bond donors (Lipinski definition) is 1. The second-order valence-electron chi connectivity index (χ2n) is 12.5. The lowest BCUT2D eigenvalue weighted by Gasteiger charge is -2.60. The third kappa shape index (κ3) is 3.54. The van der Waals surface area contributed by atoms with Crippen molar-refractivity contribution in [1.82, 2.24) is 0 Å². The van der Waals surface area contributed by atoms with Crippen molar-refractivity contribution in [2.45, 2.75) is 111 Å². The summed E-state index contributed by atoms with van der Waals surface area (Å²) in [6.07, 6.45) is 13.4. The molecule has 0 aliphatic heterocycles. The largest absolute Gasteiger partial charge is 0.393 e. The van der Waals surface area contributed by atoms with Gasteiger partial charge < -0.3 is 5.11 Å². The molecule has 1 unspecified atom stereocenters. The Labute approximate surface area is 179 Å². The topological polar surface area (TPSA) is 37.3 Å². The summed E-state index contributed by atoms with van der Waals surface area (Å²) < 4.78 is 0. The summed E-state index contributed by atoms with van der Waals surface area (Å²) in [5.41, 5.74) is 0.704. The molecule has 0 aromatic rings. The quantitative estimate of drug-likeness (QED) is 0.559. The number of fused-ring (bicyclic) bond motifs is 5. The second kappa shape index (κ2) is 7.95. The van der Waals surface area contributed by atoms with Crippen LogP contribution in [0, 0.1) is 52.3 Å². The number of hydrogen-bond acceptors (Lipinski definition) is 2. The smallest absolute Gasteiger partial charge is 0.136 e. The Bertz CT molecular complexity index is 612. The van der Waals surface area contributed by atoms with Crippen LogP contribution in [-0.2, 0) is 4.79 Å². The molecule has 0 spiro atoms. The molecule has 4 aliphatic rings. The van der Waals surface area contributed by atoms with E-state index in [0.717, 1.165) is 30.6 Å². The Morgan fingerprint density at radius 1 is 0.966 bits per heavy atom. The lowest BCUT2D eigenvalue weighted by molar-refractivity contribution is -0.134. The highest BCUT2D eigenvalue weighted by molar-refractivity contribution is 5.81. The minimum atomic E-state index is -0.279. The normalized spacial score (nSPS) is 48.0. The van der Waals surface area contributed by atoms with Crippen molar-refractivity contribution < 1.29 is 9.90 Å². The Balaban J connectivity index is 1.54. The molecule has 1 N–H and O–H groups in total. The van der Waals surface area contributed by atoms with Gasteiger partial charge in [-0.15, -0.1) is 0 Å². The average molecular weight is 403 g/mol. The number of Topliss-reactive ketones (excluding diaryl/α,β-unsaturated/α-hetero) is 1. The molecule has 0 aromatic carbocycles. The van der Waals surface area contributed by atoms with Crippen molar-refractivity contribution in [3.05, 3.63) is 0 Å². The maximum atomic E-state index is 13.0. The van der Waals surface area contributed by atoms with Crippen molar-refractivity contribution in [3.8, 4) is 0 Å².